The first-order chi connectivity index (χ1) is 9.60. The molecule has 20 heavy (non-hydrogen) atoms. The number of rotatable bonds is 5. The predicted molar refractivity (Wildman–Crippen MR) is 84.6 cm³/mol. The van der Waals surface area contributed by atoms with Crippen LogP contribution in [-0.2, 0) is 5.75 Å². The summed E-state index contributed by atoms with van der Waals surface area (Å²) in [4.78, 5) is 11.5. The fourth-order valence-corrected chi connectivity index (χ4v) is 3.12. The maximum atomic E-state index is 10.8. The second-order valence-electron chi connectivity index (χ2n) is 4.00. The first kappa shape index (κ1) is 14.8. The standard InChI is InChI=1S/C13H12BrN3O2S/c14-10-2-1-3-11(7-10)20-8-9-4-5-13(17(18)19)12(6-9)16-15/h1-7,16H,8,15H2. The molecule has 0 amide bonds. The lowest BCUT2D eigenvalue weighted by Crippen LogP contribution is -2.09. The Balaban J connectivity index is 2.12. The van der Waals surface area contributed by atoms with Crippen molar-refractivity contribution >= 4 is 39.1 Å². The van der Waals surface area contributed by atoms with Gasteiger partial charge >= 0.3 is 0 Å². The van der Waals surface area contributed by atoms with Gasteiger partial charge in [0.15, 0.2) is 0 Å². The Morgan fingerprint density at radius 2 is 2.10 bits per heavy atom. The number of nitrogen functional groups attached to an aromatic ring is 1. The number of nitrogens with zero attached hydrogens (tertiary/aromatic N) is 1. The van der Waals surface area contributed by atoms with Gasteiger partial charge in [-0.3, -0.25) is 16.0 Å². The molecule has 3 N–H and O–H groups in total. The number of benzene rings is 2. The summed E-state index contributed by atoms with van der Waals surface area (Å²) in [6.45, 7) is 0. The number of nitro benzene ring substituents is 1. The van der Waals surface area contributed by atoms with Crippen LogP contribution in [0.25, 0.3) is 0 Å². The van der Waals surface area contributed by atoms with Gasteiger partial charge in [-0.2, -0.15) is 0 Å². The van der Waals surface area contributed by atoms with Crippen molar-refractivity contribution in [1.29, 1.82) is 0 Å². The van der Waals surface area contributed by atoms with E-state index in [1.165, 1.54) is 6.07 Å². The molecule has 0 radical (unpaired) electrons. The van der Waals surface area contributed by atoms with Crippen molar-refractivity contribution in [1.82, 2.24) is 0 Å². The Kier molecular flexibility index (Phi) is 4.99. The highest BCUT2D eigenvalue weighted by Gasteiger charge is 2.13. The molecule has 2 aromatic carbocycles. The number of anilines is 1. The highest BCUT2D eigenvalue weighted by atomic mass is 79.9. The van der Waals surface area contributed by atoms with Crippen molar-refractivity contribution in [3.63, 3.8) is 0 Å². The van der Waals surface area contributed by atoms with Crippen LogP contribution in [0.15, 0.2) is 51.8 Å². The molecule has 2 aromatic rings. The Hall–Kier alpha value is -1.57. The smallest absolute Gasteiger partial charge is 0.293 e. The van der Waals surface area contributed by atoms with Gasteiger partial charge in [-0.15, -0.1) is 11.8 Å². The second kappa shape index (κ2) is 6.74. The summed E-state index contributed by atoms with van der Waals surface area (Å²) in [5.74, 6) is 6.03. The van der Waals surface area contributed by atoms with Crippen LogP contribution in [0, 0.1) is 10.1 Å². The molecule has 0 heterocycles. The minimum atomic E-state index is -0.458. The molecule has 0 saturated carbocycles. The minimum absolute atomic E-state index is 0.0243. The van der Waals surface area contributed by atoms with Crippen LogP contribution in [0.4, 0.5) is 11.4 Å². The van der Waals surface area contributed by atoms with Gasteiger partial charge in [0.05, 0.1) is 4.92 Å². The SMILES string of the molecule is NNc1cc(CSc2cccc(Br)c2)ccc1[N+](=O)[O-]. The predicted octanol–water partition coefficient (Wildman–Crippen LogP) is 3.94. The molecule has 7 heteroatoms. The lowest BCUT2D eigenvalue weighted by Gasteiger charge is -2.06. The normalized spacial score (nSPS) is 10.3. The number of nitrogens with one attached hydrogen (secondary N) is 1. The summed E-state index contributed by atoms with van der Waals surface area (Å²) >= 11 is 5.07. The van der Waals surface area contributed by atoms with E-state index in [1.807, 2.05) is 24.3 Å². The van der Waals surface area contributed by atoms with Gasteiger partial charge in [-0.05, 0) is 29.8 Å². The van der Waals surface area contributed by atoms with Crippen molar-refractivity contribution in [2.24, 2.45) is 5.84 Å². The summed E-state index contributed by atoms with van der Waals surface area (Å²) in [5.41, 5.74) is 3.63. The molecule has 0 unspecified atom stereocenters. The summed E-state index contributed by atoms with van der Waals surface area (Å²) in [6, 6.07) is 12.9. The van der Waals surface area contributed by atoms with E-state index in [-0.39, 0.29) is 5.69 Å². The van der Waals surface area contributed by atoms with Crippen molar-refractivity contribution in [2.45, 2.75) is 10.6 Å². The van der Waals surface area contributed by atoms with Gasteiger partial charge in [0.25, 0.3) is 5.69 Å². The summed E-state index contributed by atoms with van der Waals surface area (Å²) in [6.07, 6.45) is 0. The van der Waals surface area contributed by atoms with Crippen LogP contribution >= 0.6 is 27.7 Å². The van der Waals surface area contributed by atoms with Crippen LogP contribution in [0.1, 0.15) is 5.56 Å². The largest absolute Gasteiger partial charge is 0.318 e. The average Bonchev–Trinajstić information content (AvgIpc) is 2.44. The lowest BCUT2D eigenvalue weighted by atomic mass is 10.2. The number of hydrogen-bond acceptors (Lipinski definition) is 5. The third-order valence-electron chi connectivity index (χ3n) is 2.61. The molecular formula is C13H12BrN3O2S. The van der Waals surface area contributed by atoms with E-state index in [4.69, 9.17) is 5.84 Å². The zero-order valence-electron chi connectivity index (χ0n) is 10.4. The summed E-state index contributed by atoms with van der Waals surface area (Å²) < 4.78 is 1.02. The Labute approximate surface area is 128 Å². The molecule has 5 nitrogen and oxygen atoms in total. The van der Waals surface area contributed by atoms with Gasteiger partial charge in [0.2, 0.25) is 0 Å². The van der Waals surface area contributed by atoms with Crippen molar-refractivity contribution in [3.8, 4) is 0 Å². The Morgan fingerprint density at radius 3 is 2.75 bits per heavy atom. The number of hydrazine groups is 1. The van der Waals surface area contributed by atoms with Crippen LogP contribution < -0.4 is 11.3 Å². The van der Waals surface area contributed by atoms with E-state index in [9.17, 15) is 10.1 Å². The van der Waals surface area contributed by atoms with E-state index in [0.29, 0.717) is 11.4 Å². The van der Waals surface area contributed by atoms with Crippen molar-refractivity contribution in [2.75, 3.05) is 5.43 Å². The molecule has 104 valence electrons. The molecule has 0 aliphatic rings. The molecule has 2 rings (SSSR count). The summed E-state index contributed by atoms with van der Waals surface area (Å²) in [5, 5.41) is 10.8. The molecule has 0 atom stereocenters. The molecule has 0 aliphatic heterocycles. The van der Waals surface area contributed by atoms with Crippen LogP contribution in [0.2, 0.25) is 0 Å². The quantitative estimate of drug-likeness (QED) is 0.368. The summed E-state index contributed by atoms with van der Waals surface area (Å²) in [7, 11) is 0. The molecule has 0 spiro atoms. The third-order valence-corrected chi connectivity index (χ3v) is 4.17. The minimum Gasteiger partial charge on any atom is -0.318 e. The second-order valence-corrected chi connectivity index (χ2v) is 5.96. The maximum absolute atomic E-state index is 10.8. The maximum Gasteiger partial charge on any atom is 0.293 e. The van der Waals surface area contributed by atoms with Gasteiger partial charge < -0.3 is 5.43 Å². The van der Waals surface area contributed by atoms with E-state index < -0.39 is 4.92 Å². The van der Waals surface area contributed by atoms with Gasteiger partial charge in [-0.1, -0.05) is 28.1 Å². The number of nitro groups is 1. The number of thioether (sulfide) groups is 1. The first-order valence-electron chi connectivity index (χ1n) is 5.72. The molecule has 0 fully saturated rings. The van der Waals surface area contributed by atoms with E-state index in [1.54, 1.807) is 23.9 Å². The lowest BCUT2D eigenvalue weighted by molar-refractivity contribution is -0.384. The Morgan fingerprint density at radius 1 is 1.30 bits per heavy atom. The number of halogens is 1. The zero-order chi connectivity index (χ0) is 14.5. The topological polar surface area (TPSA) is 81.2 Å². The third kappa shape index (κ3) is 3.72. The van der Waals surface area contributed by atoms with Crippen LogP contribution in [0.5, 0.6) is 0 Å². The van der Waals surface area contributed by atoms with Crippen LogP contribution in [0.3, 0.4) is 0 Å². The zero-order valence-corrected chi connectivity index (χ0v) is 12.8. The van der Waals surface area contributed by atoms with Crippen molar-refractivity contribution < 1.29 is 4.92 Å². The number of hydrogen-bond donors (Lipinski definition) is 2. The highest BCUT2D eigenvalue weighted by Crippen LogP contribution is 2.29. The fraction of sp³-hybridized carbons (Fsp3) is 0.0769. The molecule has 0 bridgehead atoms. The van der Waals surface area contributed by atoms with Gasteiger partial charge in [0.1, 0.15) is 5.69 Å². The van der Waals surface area contributed by atoms with Gasteiger partial charge in [-0.25, -0.2) is 0 Å². The molecule has 0 saturated heterocycles. The van der Waals surface area contributed by atoms with Gasteiger partial charge in [0, 0.05) is 21.2 Å². The van der Waals surface area contributed by atoms with Crippen molar-refractivity contribution in [3.05, 3.63) is 62.6 Å². The average molecular weight is 354 g/mol. The fourth-order valence-electron chi connectivity index (χ4n) is 1.67. The Bertz CT molecular complexity index is 637. The molecule has 0 aliphatic carbocycles. The molecular weight excluding hydrogens is 342 g/mol. The van der Waals surface area contributed by atoms with Crippen LogP contribution in [-0.4, -0.2) is 4.92 Å². The number of nitrogens with two attached hydrogens (primary N) is 1. The molecule has 0 aromatic heterocycles. The van der Waals surface area contributed by atoms with E-state index in [2.05, 4.69) is 21.4 Å². The first-order valence-corrected chi connectivity index (χ1v) is 7.50. The van der Waals surface area contributed by atoms with E-state index >= 15 is 0 Å². The van der Waals surface area contributed by atoms with E-state index in [0.717, 1.165) is 14.9 Å². The highest BCUT2D eigenvalue weighted by molar-refractivity contribution is 9.10. The monoisotopic (exact) mass is 353 g/mol.